The van der Waals surface area contributed by atoms with Crippen molar-refractivity contribution in [1.82, 2.24) is 10.2 Å². The zero-order chi connectivity index (χ0) is 12.5. The zero-order valence-electron chi connectivity index (χ0n) is 11.5. The van der Waals surface area contributed by atoms with E-state index in [-0.39, 0.29) is 0 Å². The molecular formula is C13H25N3S. The summed E-state index contributed by atoms with van der Waals surface area (Å²) in [4.78, 5) is 7.02. The first-order chi connectivity index (χ1) is 7.92. The minimum atomic E-state index is 0.413. The number of nitrogens with one attached hydrogen (secondary N) is 1. The highest BCUT2D eigenvalue weighted by Gasteiger charge is 2.27. The zero-order valence-corrected chi connectivity index (χ0v) is 12.3. The van der Waals surface area contributed by atoms with E-state index < -0.39 is 0 Å². The van der Waals surface area contributed by atoms with E-state index in [4.69, 9.17) is 0 Å². The summed E-state index contributed by atoms with van der Waals surface area (Å²) in [6.45, 7) is 10.3. The van der Waals surface area contributed by atoms with Crippen LogP contribution in [0.25, 0.3) is 0 Å². The molecule has 0 bridgehead atoms. The van der Waals surface area contributed by atoms with Gasteiger partial charge in [-0.05, 0) is 31.8 Å². The van der Waals surface area contributed by atoms with Crippen molar-refractivity contribution < 1.29 is 0 Å². The van der Waals surface area contributed by atoms with Crippen molar-refractivity contribution in [3.05, 3.63) is 0 Å². The quantitative estimate of drug-likeness (QED) is 0.819. The van der Waals surface area contributed by atoms with Crippen LogP contribution in [0, 0.1) is 5.41 Å². The molecule has 2 unspecified atom stereocenters. The fraction of sp³-hybridized carbons (Fsp3) is 0.923. The molecule has 2 atom stereocenters. The maximum absolute atomic E-state index is 4.64. The lowest BCUT2D eigenvalue weighted by atomic mass is 9.90. The Morgan fingerprint density at radius 3 is 2.82 bits per heavy atom. The van der Waals surface area contributed by atoms with Crippen LogP contribution in [-0.4, -0.2) is 48.0 Å². The molecule has 2 aliphatic rings. The Bertz CT molecular complexity index is 296. The van der Waals surface area contributed by atoms with E-state index >= 15 is 0 Å². The molecule has 0 aromatic heterocycles. The normalized spacial score (nSPS) is 30.7. The summed E-state index contributed by atoms with van der Waals surface area (Å²) in [6, 6.07) is 0.611. The fourth-order valence-electron chi connectivity index (χ4n) is 2.51. The summed E-state index contributed by atoms with van der Waals surface area (Å²) in [5.41, 5.74) is 0.413. The number of thioether (sulfide) groups is 1. The number of amidine groups is 1. The summed E-state index contributed by atoms with van der Waals surface area (Å²) in [6.07, 6.45) is 2.50. The van der Waals surface area contributed by atoms with Crippen LogP contribution in [-0.2, 0) is 0 Å². The van der Waals surface area contributed by atoms with Crippen LogP contribution < -0.4 is 5.32 Å². The van der Waals surface area contributed by atoms with Gasteiger partial charge in [-0.15, -0.1) is 0 Å². The van der Waals surface area contributed by atoms with Gasteiger partial charge in [-0.1, -0.05) is 32.5 Å². The molecule has 0 saturated carbocycles. The lowest BCUT2D eigenvalue weighted by molar-refractivity contribution is 0.375. The Morgan fingerprint density at radius 2 is 2.24 bits per heavy atom. The van der Waals surface area contributed by atoms with E-state index in [2.05, 4.69) is 43.0 Å². The van der Waals surface area contributed by atoms with Crippen LogP contribution in [0.15, 0.2) is 4.99 Å². The fourth-order valence-corrected chi connectivity index (χ4v) is 3.95. The Hall–Kier alpha value is -0.220. The van der Waals surface area contributed by atoms with Gasteiger partial charge in [-0.3, -0.25) is 4.99 Å². The third kappa shape index (κ3) is 4.18. The van der Waals surface area contributed by atoms with Crippen LogP contribution >= 0.6 is 11.8 Å². The lowest BCUT2D eigenvalue weighted by Gasteiger charge is -2.22. The minimum absolute atomic E-state index is 0.413. The Morgan fingerprint density at radius 1 is 1.47 bits per heavy atom. The molecule has 1 saturated heterocycles. The summed E-state index contributed by atoms with van der Waals surface area (Å²) < 4.78 is 0. The first kappa shape index (κ1) is 13.2. The largest absolute Gasteiger partial charge is 0.361 e. The smallest absolute Gasteiger partial charge is 0.157 e. The maximum atomic E-state index is 4.64. The van der Waals surface area contributed by atoms with Gasteiger partial charge in [0, 0.05) is 17.8 Å². The molecule has 0 aromatic carbocycles. The number of hydrogen-bond acceptors (Lipinski definition) is 4. The molecule has 0 amide bonds. The topological polar surface area (TPSA) is 27.6 Å². The first-order valence-electron chi connectivity index (χ1n) is 6.58. The summed E-state index contributed by atoms with van der Waals surface area (Å²) in [7, 11) is 2.19. The predicted molar refractivity (Wildman–Crippen MR) is 76.8 cm³/mol. The molecular weight excluding hydrogens is 230 g/mol. The van der Waals surface area contributed by atoms with E-state index in [1.807, 2.05) is 11.8 Å². The van der Waals surface area contributed by atoms with Crippen molar-refractivity contribution in [2.75, 3.05) is 26.7 Å². The number of nitrogens with zero attached hydrogens (tertiary/aromatic N) is 2. The van der Waals surface area contributed by atoms with E-state index in [9.17, 15) is 0 Å². The molecule has 2 rings (SSSR count). The molecule has 1 N–H and O–H groups in total. The van der Waals surface area contributed by atoms with Crippen LogP contribution in [0.2, 0.25) is 0 Å². The van der Waals surface area contributed by atoms with Gasteiger partial charge in [0.15, 0.2) is 5.17 Å². The van der Waals surface area contributed by atoms with E-state index in [0.29, 0.717) is 16.7 Å². The van der Waals surface area contributed by atoms with Crippen molar-refractivity contribution in [1.29, 1.82) is 0 Å². The Balaban J connectivity index is 1.74. The van der Waals surface area contributed by atoms with Gasteiger partial charge in [-0.25, -0.2) is 0 Å². The molecule has 0 radical (unpaired) electrons. The third-order valence-electron chi connectivity index (χ3n) is 3.28. The summed E-state index contributed by atoms with van der Waals surface area (Å²) in [5, 5.41) is 5.45. The Labute approximate surface area is 109 Å². The van der Waals surface area contributed by atoms with Crippen molar-refractivity contribution in [3.8, 4) is 0 Å². The standard InChI is InChI=1S/C13H25N3S/c1-13(2,3)7-11-8-14-12(17-11)15-10-5-6-16(4)9-10/h10-11H,5-9H2,1-4H3,(H,14,15). The van der Waals surface area contributed by atoms with Crippen LogP contribution in [0.4, 0.5) is 0 Å². The number of aliphatic imine (C=N–C) groups is 1. The van der Waals surface area contributed by atoms with Gasteiger partial charge < -0.3 is 10.2 Å². The molecule has 2 heterocycles. The third-order valence-corrected chi connectivity index (χ3v) is 4.40. The Kier molecular flexibility index (Phi) is 4.03. The lowest BCUT2D eigenvalue weighted by Crippen LogP contribution is -2.34. The van der Waals surface area contributed by atoms with Gasteiger partial charge in [-0.2, -0.15) is 0 Å². The van der Waals surface area contributed by atoms with Crippen LogP contribution in [0.3, 0.4) is 0 Å². The van der Waals surface area contributed by atoms with Gasteiger partial charge in [0.1, 0.15) is 0 Å². The predicted octanol–water partition coefficient (Wildman–Crippen LogP) is 2.19. The molecule has 0 spiro atoms. The van der Waals surface area contributed by atoms with E-state index in [1.54, 1.807) is 0 Å². The number of likely N-dealkylation sites (tertiary alicyclic amines) is 1. The maximum Gasteiger partial charge on any atom is 0.157 e. The van der Waals surface area contributed by atoms with Gasteiger partial charge >= 0.3 is 0 Å². The minimum Gasteiger partial charge on any atom is -0.361 e. The van der Waals surface area contributed by atoms with Gasteiger partial charge in [0.05, 0.1) is 6.54 Å². The molecule has 0 aromatic rings. The molecule has 17 heavy (non-hydrogen) atoms. The van der Waals surface area contributed by atoms with Crippen LogP contribution in [0.5, 0.6) is 0 Å². The highest BCUT2D eigenvalue weighted by molar-refractivity contribution is 8.14. The molecule has 3 nitrogen and oxygen atoms in total. The monoisotopic (exact) mass is 255 g/mol. The SMILES string of the molecule is CN1CCC(NC2=NCC(CC(C)(C)C)S2)C1. The second-order valence-electron chi connectivity index (χ2n) is 6.54. The van der Waals surface area contributed by atoms with E-state index in [0.717, 1.165) is 13.1 Å². The van der Waals surface area contributed by atoms with Crippen molar-refractivity contribution in [2.45, 2.75) is 44.9 Å². The second kappa shape index (κ2) is 5.19. The molecule has 4 heteroatoms. The average molecular weight is 255 g/mol. The van der Waals surface area contributed by atoms with Crippen LogP contribution in [0.1, 0.15) is 33.6 Å². The second-order valence-corrected chi connectivity index (χ2v) is 7.83. The number of hydrogen-bond donors (Lipinski definition) is 1. The number of rotatable bonds is 2. The van der Waals surface area contributed by atoms with Crippen molar-refractivity contribution in [2.24, 2.45) is 10.4 Å². The summed E-state index contributed by atoms with van der Waals surface area (Å²) >= 11 is 1.95. The van der Waals surface area contributed by atoms with E-state index in [1.165, 1.54) is 24.6 Å². The summed E-state index contributed by atoms with van der Waals surface area (Å²) in [5.74, 6) is 0. The van der Waals surface area contributed by atoms with Crippen molar-refractivity contribution >= 4 is 16.9 Å². The molecule has 2 aliphatic heterocycles. The van der Waals surface area contributed by atoms with Crippen molar-refractivity contribution in [3.63, 3.8) is 0 Å². The highest BCUT2D eigenvalue weighted by Crippen LogP contribution is 2.31. The number of likely N-dealkylation sites (N-methyl/N-ethyl adjacent to an activating group) is 1. The average Bonchev–Trinajstić information content (AvgIpc) is 2.74. The highest BCUT2D eigenvalue weighted by atomic mass is 32.2. The first-order valence-corrected chi connectivity index (χ1v) is 7.46. The molecule has 98 valence electrons. The van der Waals surface area contributed by atoms with Gasteiger partial charge in [0.2, 0.25) is 0 Å². The molecule has 1 fully saturated rings. The molecule has 0 aliphatic carbocycles. The van der Waals surface area contributed by atoms with Gasteiger partial charge in [0.25, 0.3) is 0 Å².